The van der Waals surface area contributed by atoms with Crippen molar-refractivity contribution in [3.8, 4) is 0 Å². The zero-order valence-electron chi connectivity index (χ0n) is 10.9. The molecular weight excluding hydrogens is 220 g/mol. The third-order valence-electron chi connectivity index (χ3n) is 2.90. The third-order valence-corrected chi connectivity index (χ3v) is 2.90. The van der Waals surface area contributed by atoms with E-state index in [-0.39, 0.29) is 0 Å². The van der Waals surface area contributed by atoms with Gasteiger partial charge in [0.2, 0.25) is 0 Å². The fraction of sp³-hybridized carbons (Fsp3) is 1.00. The second kappa shape index (κ2) is 9.79. The van der Waals surface area contributed by atoms with Crippen LogP contribution in [0.25, 0.3) is 0 Å². The summed E-state index contributed by atoms with van der Waals surface area (Å²) in [6.07, 6.45) is 2.37. The highest BCUT2D eigenvalue weighted by Gasteiger charge is 2.15. The number of hydrogen-bond donors (Lipinski definition) is 1. The van der Waals surface area contributed by atoms with Crippen LogP contribution in [0.5, 0.6) is 0 Å². The highest BCUT2D eigenvalue weighted by Crippen LogP contribution is 2.07. The number of hydrogen-bond acceptors (Lipinski definition) is 5. The second-order valence-electron chi connectivity index (χ2n) is 4.42. The van der Waals surface area contributed by atoms with E-state index in [4.69, 9.17) is 19.9 Å². The van der Waals surface area contributed by atoms with Crippen LogP contribution < -0.4 is 5.73 Å². The molecule has 0 spiro atoms. The van der Waals surface area contributed by atoms with E-state index in [9.17, 15) is 0 Å². The Morgan fingerprint density at radius 1 is 1.12 bits per heavy atom. The summed E-state index contributed by atoms with van der Waals surface area (Å²) in [7, 11) is 1.67. The average Bonchev–Trinajstić information content (AvgIpc) is 2.33. The number of piperidine rings is 1. The molecule has 1 saturated heterocycles. The van der Waals surface area contributed by atoms with E-state index in [0.717, 1.165) is 32.7 Å². The highest BCUT2D eigenvalue weighted by molar-refractivity contribution is 4.74. The van der Waals surface area contributed by atoms with Gasteiger partial charge in [-0.25, -0.2) is 0 Å². The van der Waals surface area contributed by atoms with Crippen molar-refractivity contribution in [3.05, 3.63) is 0 Å². The van der Waals surface area contributed by atoms with E-state index in [1.165, 1.54) is 6.42 Å². The molecule has 1 aliphatic rings. The Hall–Kier alpha value is -0.200. The van der Waals surface area contributed by atoms with Gasteiger partial charge >= 0.3 is 0 Å². The molecule has 0 aromatic heterocycles. The molecule has 0 aliphatic carbocycles. The summed E-state index contributed by atoms with van der Waals surface area (Å²) in [6, 6.07) is 0.348. The molecule has 0 amide bonds. The van der Waals surface area contributed by atoms with Gasteiger partial charge in [0.25, 0.3) is 0 Å². The fourth-order valence-corrected chi connectivity index (χ4v) is 1.95. The minimum atomic E-state index is 0.348. The number of ether oxygens (including phenoxy) is 3. The van der Waals surface area contributed by atoms with Crippen LogP contribution in [0.15, 0.2) is 0 Å². The Labute approximate surface area is 104 Å². The molecule has 1 aliphatic heterocycles. The van der Waals surface area contributed by atoms with Gasteiger partial charge in [-0.2, -0.15) is 0 Å². The number of rotatable bonds is 9. The van der Waals surface area contributed by atoms with Gasteiger partial charge in [-0.3, -0.25) is 4.90 Å². The average molecular weight is 246 g/mol. The lowest BCUT2D eigenvalue weighted by Gasteiger charge is -2.30. The van der Waals surface area contributed by atoms with Gasteiger partial charge < -0.3 is 19.9 Å². The molecule has 0 aromatic carbocycles. The number of nitrogens with zero attached hydrogens (tertiary/aromatic N) is 1. The normalized spacial score (nSPS) is 21.9. The lowest BCUT2D eigenvalue weighted by molar-refractivity contribution is 0.0179. The van der Waals surface area contributed by atoms with E-state index in [0.29, 0.717) is 32.5 Å². The Morgan fingerprint density at radius 3 is 2.53 bits per heavy atom. The van der Waals surface area contributed by atoms with E-state index in [1.54, 1.807) is 7.11 Å². The summed E-state index contributed by atoms with van der Waals surface area (Å²) in [4.78, 5) is 2.37. The van der Waals surface area contributed by atoms with Gasteiger partial charge in [-0.15, -0.1) is 0 Å². The first-order valence-electron chi connectivity index (χ1n) is 6.45. The highest BCUT2D eigenvalue weighted by atomic mass is 16.5. The summed E-state index contributed by atoms with van der Waals surface area (Å²) >= 11 is 0. The molecule has 0 unspecified atom stereocenters. The zero-order chi connectivity index (χ0) is 12.3. The second-order valence-corrected chi connectivity index (χ2v) is 4.42. The number of nitrogens with two attached hydrogens (primary N) is 1. The molecule has 0 radical (unpaired) electrons. The minimum Gasteiger partial charge on any atom is -0.382 e. The monoisotopic (exact) mass is 246 g/mol. The minimum absolute atomic E-state index is 0.348. The molecule has 1 fully saturated rings. The fourth-order valence-electron chi connectivity index (χ4n) is 1.95. The molecule has 0 aromatic rings. The van der Waals surface area contributed by atoms with Crippen molar-refractivity contribution >= 4 is 0 Å². The molecule has 102 valence electrons. The summed E-state index contributed by atoms with van der Waals surface area (Å²) in [5, 5.41) is 0. The largest absolute Gasteiger partial charge is 0.382 e. The SMILES string of the molecule is COCCOCCOCCN1CCC[C@@H](N)C1. The van der Waals surface area contributed by atoms with Gasteiger partial charge in [0.05, 0.1) is 33.0 Å². The lowest BCUT2D eigenvalue weighted by atomic mass is 10.1. The summed E-state index contributed by atoms with van der Waals surface area (Å²) in [5.41, 5.74) is 5.91. The summed E-state index contributed by atoms with van der Waals surface area (Å²) < 4.78 is 15.7. The van der Waals surface area contributed by atoms with Crippen molar-refractivity contribution in [2.45, 2.75) is 18.9 Å². The van der Waals surface area contributed by atoms with E-state index in [1.807, 2.05) is 0 Å². The quantitative estimate of drug-likeness (QED) is 0.584. The molecule has 17 heavy (non-hydrogen) atoms. The lowest BCUT2D eigenvalue weighted by Crippen LogP contribution is -2.44. The van der Waals surface area contributed by atoms with Crippen LogP contribution in [0.2, 0.25) is 0 Å². The molecule has 0 saturated carbocycles. The molecule has 5 heteroatoms. The Bertz CT molecular complexity index is 181. The molecule has 2 N–H and O–H groups in total. The topological polar surface area (TPSA) is 57.0 Å². The van der Waals surface area contributed by atoms with Crippen molar-refractivity contribution in [1.29, 1.82) is 0 Å². The van der Waals surface area contributed by atoms with Crippen molar-refractivity contribution in [1.82, 2.24) is 4.90 Å². The maximum Gasteiger partial charge on any atom is 0.0701 e. The van der Waals surface area contributed by atoms with Crippen LogP contribution >= 0.6 is 0 Å². The predicted octanol–water partition coefficient (Wildman–Crippen LogP) is 0.0891. The smallest absolute Gasteiger partial charge is 0.0701 e. The first-order chi connectivity index (χ1) is 8.33. The van der Waals surface area contributed by atoms with Gasteiger partial charge in [0.1, 0.15) is 0 Å². The van der Waals surface area contributed by atoms with Gasteiger partial charge in [0, 0.05) is 26.2 Å². The molecular formula is C12H26N2O3. The van der Waals surface area contributed by atoms with Crippen LogP contribution in [0.1, 0.15) is 12.8 Å². The van der Waals surface area contributed by atoms with Crippen LogP contribution in [0.4, 0.5) is 0 Å². The standard InChI is InChI=1S/C12H26N2O3/c1-15-7-8-17-10-9-16-6-5-14-4-2-3-12(13)11-14/h12H,2-11,13H2,1H3/t12-/m1/s1. The number of methoxy groups -OCH3 is 1. The van der Waals surface area contributed by atoms with Crippen LogP contribution in [0.3, 0.4) is 0 Å². The van der Waals surface area contributed by atoms with E-state index in [2.05, 4.69) is 4.90 Å². The maximum atomic E-state index is 5.91. The van der Waals surface area contributed by atoms with Gasteiger partial charge in [0.15, 0.2) is 0 Å². The Balaban J connectivity index is 1.83. The van der Waals surface area contributed by atoms with E-state index < -0.39 is 0 Å². The van der Waals surface area contributed by atoms with Crippen molar-refractivity contribution < 1.29 is 14.2 Å². The van der Waals surface area contributed by atoms with Gasteiger partial charge in [-0.1, -0.05) is 0 Å². The molecule has 1 atom stereocenters. The molecule has 1 heterocycles. The molecule has 0 bridgehead atoms. The first-order valence-corrected chi connectivity index (χ1v) is 6.45. The summed E-state index contributed by atoms with van der Waals surface area (Å²) in [6.45, 7) is 6.49. The predicted molar refractivity (Wildman–Crippen MR) is 67.2 cm³/mol. The molecule has 5 nitrogen and oxygen atoms in total. The Kier molecular flexibility index (Phi) is 8.56. The first kappa shape index (κ1) is 14.9. The van der Waals surface area contributed by atoms with Crippen LogP contribution in [0, 0.1) is 0 Å². The third kappa shape index (κ3) is 7.68. The van der Waals surface area contributed by atoms with Crippen molar-refractivity contribution in [2.75, 3.05) is 59.8 Å². The summed E-state index contributed by atoms with van der Waals surface area (Å²) in [5.74, 6) is 0. The van der Waals surface area contributed by atoms with Crippen LogP contribution in [-0.4, -0.2) is 70.7 Å². The zero-order valence-corrected chi connectivity index (χ0v) is 10.9. The van der Waals surface area contributed by atoms with Crippen molar-refractivity contribution in [2.24, 2.45) is 5.73 Å². The van der Waals surface area contributed by atoms with Gasteiger partial charge in [-0.05, 0) is 19.4 Å². The Morgan fingerprint density at radius 2 is 1.82 bits per heavy atom. The van der Waals surface area contributed by atoms with Crippen LogP contribution in [-0.2, 0) is 14.2 Å². The maximum absolute atomic E-state index is 5.91. The van der Waals surface area contributed by atoms with E-state index >= 15 is 0 Å². The van der Waals surface area contributed by atoms with Crippen molar-refractivity contribution in [3.63, 3.8) is 0 Å². The number of likely N-dealkylation sites (tertiary alicyclic amines) is 1. The molecule has 1 rings (SSSR count).